The fourth-order valence-corrected chi connectivity index (χ4v) is 3.86. The number of rotatable bonds is 5. The van der Waals surface area contributed by atoms with Crippen LogP contribution < -0.4 is 10.2 Å². The van der Waals surface area contributed by atoms with Crippen molar-refractivity contribution in [2.75, 3.05) is 23.3 Å². The van der Waals surface area contributed by atoms with Gasteiger partial charge in [-0.15, -0.1) is 0 Å². The molecule has 2 fully saturated rings. The zero-order valence-electron chi connectivity index (χ0n) is 13.1. The largest absolute Gasteiger partial charge is 0.370 e. The standard InChI is InChI=1S/C18H25ClN2O/c19-15-8-9-17(21-11-3-4-12-21)16(13-15)20-18(22)10-7-14-5-1-2-6-14/h8-9,13-14H,1-7,10-12H2,(H,20,22). The number of hydrogen-bond donors (Lipinski definition) is 1. The minimum atomic E-state index is 0.120. The maximum atomic E-state index is 12.3. The Labute approximate surface area is 138 Å². The van der Waals surface area contributed by atoms with Gasteiger partial charge < -0.3 is 10.2 Å². The molecule has 1 saturated carbocycles. The second-order valence-corrected chi connectivity index (χ2v) is 7.03. The van der Waals surface area contributed by atoms with Gasteiger partial charge in [0.15, 0.2) is 0 Å². The summed E-state index contributed by atoms with van der Waals surface area (Å²) in [5, 5.41) is 3.76. The summed E-state index contributed by atoms with van der Waals surface area (Å²) in [6.07, 6.45) is 9.34. The molecule has 0 atom stereocenters. The molecule has 1 aromatic carbocycles. The van der Waals surface area contributed by atoms with Crippen LogP contribution in [0.15, 0.2) is 18.2 Å². The van der Waals surface area contributed by atoms with Gasteiger partial charge in [0, 0.05) is 24.5 Å². The van der Waals surface area contributed by atoms with Crippen molar-refractivity contribution >= 4 is 28.9 Å². The van der Waals surface area contributed by atoms with E-state index in [1.54, 1.807) is 0 Å². The van der Waals surface area contributed by atoms with Crippen LogP contribution in [0.5, 0.6) is 0 Å². The lowest BCUT2D eigenvalue weighted by Gasteiger charge is -2.22. The second-order valence-electron chi connectivity index (χ2n) is 6.59. The molecule has 0 unspecified atom stereocenters. The summed E-state index contributed by atoms with van der Waals surface area (Å²) in [6.45, 7) is 2.12. The summed E-state index contributed by atoms with van der Waals surface area (Å²) in [6, 6.07) is 5.81. The molecule has 0 aromatic heterocycles. The van der Waals surface area contributed by atoms with Gasteiger partial charge in [-0.05, 0) is 43.4 Å². The summed E-state index contributed by atoms with van der Waals surface area (Å²) in [5.74, 6) is 0.873. The van der Waals surface area contributed by atoms with Crippen molar-refractivity contribution in [3.05, 3.63) is 23.2 Å². The molecule has 1 heterocycles. The van der Waals surface area contributed by atoms with E-state index in [-0.39, 0.29) is 5.91 Å². The van der Waals surface area contributed by atoms with Gasteiger partial charge >= 0.3 is 0 Å². The molecule has 1 aliphatic heterocycles. The second kappa shape index (κ2) is 7.36. The topological polar surface area (TPSA) is 32.3 Å². The molecular formula is C18H25ClN2O. The predicted octanol–water partition coefficient (Wildman–Crippen LogP) is 4.85. The Morgan fingerprint density at radius 3 is 2.64 bits per heavy atom. The average Bonchev–Trinajstić information content (AvgIpc) is 3.19. The highest BCUT2D eigenvalue weighted by atomic mass is 35.5. The van der Waals surface area contributed by atoms with Gasteiger partial charge in [-0.1, -0.05) is 37.3 Å². The van der Waals surface area contributed by atoms with Crippen LogP contribution in [0, 0.1) is 5.92 Å². The monoisotopic (exact) mass is 320 g/mol. The zero-order chi connectivity index (χ0) is 15.4. The molecule has 4 heteroatoms. The molecule has 0 spiro atoms. The normalized spacial score (nSPS) is 18.9. The summed E-state index contributed by atoms with van der Waals surface area (Å²) in [7, 11) is 0. The van der Waals surface area contributed by atoms with Crippen molar-refractivity contribution in [2.45, 2.75) is 51.4 Å². The molecule has 1 aliphatic carbocycles. The Morgan fingerprint density at radius 1 is 1.18 bits per heavy atom. The van der Waals surface area contributed by atoms with E-state index in [4.69, 9.17) is 11.6 Å². The number of anilines is 2. The number of nitrogens with zero attached hydrogens (tertiary/aromatic N) is 1. The van der Waals surface area contributed by atoms with Crippen LogP contribution in [0.25, 0.3) is 0 Å². The van der Waals surface area contributed by atoms with Crippen molar-refractivity contribution in [1.29, 1.82) is 0 Å². The molecule has 1 N–H and O–H groups in total. The summed E-state index contributed by atoms with van der Waals surface area (Å²) < 4.78 is 0. The molecule has 0 bridgehead atoms. The van der Waals surface area contributed by atoms with Crippen molar-refractivity contribution in [2.24, 2.45) is 5.92 Å². The molecule has 120 valence electrons. The van der Waals surface area contributed by atoms with E-state index in [1.165, 1.54) is 38.5 Å². The number of amides is 1. The molecule has 0 radical (unpaired) electrons. The average molecular weight is 321 g/mol. The zero-order valence-corrected chi connectivity index (χ0v) is 13.9. The van der Waals surface area contributed by atoms with Crippen LogP contribution in [0.1, 0.15) is 51.4 Å². The molecule has 3 nitrogen and oxygen atoms in total. The van der Waals surface area contributed by atoms with Gasteiger partial charge in [0.1, 0.15) is 0 Å². The molecular weight excluding hydrogens is 296 g/mol. The van der Waals surface area contributed by atoms with Gasteiger partial charge in [-0.25, -0.2) is 0 Å². The van der Waals surface area contributed by atoms with E-state index < -0.39 is 0 Å². The first-order valence-corrected chi connectivity index (χ1v) is 8.94. The number of halogens is 1. The van der Waals surface area contributed by atoms with Crippen molar-refractivity contribution < 1.29 is 4.79 Å². The van der Waals surface area contributed by atoms with Gasteiger partial charge in [0.05, 0.1) is 11.4 Å². The van der Waals surface area contributed by atoms with Gasteiger partial charge in [0.25, 0.3) is 0 Å². The molecule has 1 aromatic rings. The third-order valence-corrected chi connectivity index (χ3v) is 5.17. The highest BCUT2D eigenvalue weighted by molar-refractivity contribution is 6.31. The van der Waals surface area contributed by atoms with E-state index in [1.807, 2.05) is 18.2 Å². The quantitative estimate of drug-likeness (QED) is 0.841. The van der Waals surface area contributed by atoms with E-state index >= 15 is 0 Å². The van der Waals surface area contributed by atoms with Crippen LogP contribution in [0.4, 0.5) is 11.4 Å². The first-order valence-electron chi connectivity index (χ1n) is 8.57. The van der Waals surface area contributed by atoms with Crippen molar-refractivity contribution in [1.82, 2.24) is 0 Å². The lowest BCUT2D eigenvalue weighted by atomic mass is 10.0. The molecule has 1 saturated heterocycles. The maximum absolute atomic E-state index is 12.3. The van der Waals surface area contributed by atoms with Crippen LogP contribution in [-0.2, 0) is 4.79 Å². The summed E-state index contributed by atoms with van der Waals surface area (Å²) in [5.41, 5.74) is 1.97. The molecule has 22 heavy (non-hydrogen) atoms. The summed E-state index contributed by atoms with van der Waals surface area (Å²) in [4.78, 5) is 14.6. The van der Waals surface area contributed by atoms with E-state index in [9.17, 15) is 4.79 Å². The number of nitrogens with one attached hydrogen (secondary N) is 1. The molecule has 2 aliphatic rings. The van der Waals surface area contributed by atoms with E-state index in [0.717, 1.165) is 36.8 Å². The van der Waals surface area contributed by atoms with Gasteiger partial charge in [-0.2, -0.15) is 0 Å². The van der Waals surface area contributed by atoms with Crippen LogP contribution >= 0.6 is 11.6 Å². The van der Waals surface area contributed by atoms with Crippen LogP contribution in [-0.4, -0.2) is 19.0 Å². The molecule has 1 amide bonds. The Hall–Kier alpha value is -1.22. The molecule has 3 rings (SSSR count). The Kier molecular flexibility index (Phi) is 5.24. The van der Waals surface area contributed by atoms with E-state index in [0.29, 0.717) is 11.4 Å². The third-order valence-electron chi connectivity index (χ3n) is 4.93. The lowest BCUT2D eigenvalue weighted by Crippen LogP contribution is -2.21. The first-order chi connectivity index (χ1) is 10.7. The number of benzene rings is 1. The predicted molar refractivity (Wildman–Crippen MR) is 92.7 cm³/mol. The number of hydrogen-bond acceptors (Lipinski definition) is 2. The van der Waals surface area contributed by atoms with Crippen LogP contribution in [0.2, 0.25) is 5.02 Å². The first kappa shape index (κ1) is 15.7. The minimum absolute atomic E-state index is 0.120. The highest BCUT2D eigenvalue weighted by Crippen LogP contribution is 2.32. The smallest absolute Gasteiger partial charge is 0.224 e. The maximum Gasteiger partial charge on any atom is 0.224 e. The Bertz CT molecular complexity index is 520. The fourth-order valence-electron chi connectivity index (χ4n) is 3.69. The number of carbonyl (C=O) groups is 1. The minimum Gasteiger partial charge on any atom is -0.370 e. The van der Waals surface area contributed by atoms with Gasteiger partial charge in [-0.3, -0.25) is 4.79 Å². The Morgan fingerprint density at radius 2 is 1.91 bits per heavy atom. The van der Waals surface area contributed by atoms with Crippen molar-refractivity contribution in [3.8, 4) is 0 Å². The fraction of sp³-hybridized carbons (Fsp3) is 0.611. The van der Waals surface area contributed by atoms with Gasteiger partial charge in [0.2, 0.25) is 5.91 Å². The lowest BCUT2D eigenvalue weighted by molar-refractivity contribution is -0.116. The third kappa shape index (κ3) is 3.95. The Balaban J connectivity index is 1.62. The highest BCUT2D eigenvalue weighted by Gasteiger charge is 2.19. The van der Waals surface area contributed by atoms with Crippen molar-refractivity contribution in [3.63, 3.8) is 0 Å². The number of carbonyl (C=O) groups excluding carboxylic acids is 1. The van der Waals surface area contributed by atoms with Crippen LogP contribution in [0.3, 0.4) is 0 Å². The summed E-state index contributed by atoms with van der Waals surface area (Å²) >= 11 is 6.12. The van der Waals surface area contributed by atoms with E-state index in [2.05, 4.69) is 10.2 Å². The SMILES string of the molecule is O=C(CCC1CCCC1)Nc1cc(Cl)ccc1N1CCCC1.